The van der Waals surface area contributed by atoms with Crippen molar-refractivity contribution in [3.05, 3.63) is 60.2 Å². The van der Waals surface area contributed by atoms with E-state index in [2.05, 4.69) is 89.8 Å². The molecule has 0 amide bonds. The van der Waals surface area contributed by atoms with E-state index in [-0.39, 0.29) is 10.2 Å². The van der Waals surface area contributed by atoms with Crippen LogP contribution in [0.1, 0.15) is 46.6 Å². The summed E-state index contributed by atoms with van der Waals surface area (Å²) in [5, 5.41) is 0. The summed E-state index contributed by atoms with van der Waals surface area (Å²) < 4.78 is 16.5. The van der Waals surface area contributed by atoms with Crippen LogP contribution in [0.5, 0.6) is 0 Å². The molecule has 0 aliphatic rings. The van der Waals surface area contributed by atoms with Gasteiger partial charge >= 0.3 is 0 Å². The lowest BCUT2D eigenvalue weighted by atomic mass is 9.86. The molecule has 2 aromatic carbocycles. The summed E-state index contributed by atoms with van der Waals surface area (Å²) in [6.07, 6.45) is 0.888. The van der Waals surface area contributed by atoms with Crippen LogP contribution < -0.4 is 9.21 Å². The number of rotatable bonds is 7. The molecular weight excluding hydrogens is 352 g/mol. The van der Waals surface area contributed by atoms with Gasteiger partial charge in [-0.3, -0.25) is 4.48 Å². The Bertz CT molecular complexity index is 759. The molecule has 0 aliphatic carbocycles. The lowest BCUT2D eigenvalue weighted by molar-refractivity contribution is 0.335. The van der Waals surface area contributed by atoms with Crippen LogP contribution in [0.15, 0.2) is 54.6 Å². The van der Waals surface area contributed by atoms with E-state index in [1.165, 1.54) is 11.3 Å². The second-order valence-electron chi connectivity index (χ2n) is 9.74. The molecule has 2 aromatic rings. The molecule has 2 rings (SSSR count). The number of hydrogen-bond acceptors (Lipinski definition) is 1. The van der Waals surface area contributed by atoms with Gasteiger partial charge in [0.2, 0.25) is 0 Å². The van der Waals surface area contributed by atoms with Crippen LogP contribution in [0, 0.1) is 5.41 Å². The molecular formula is C23H35N2OS+. The topological polar surface area (TPSA) is 29.1 Å². The minimum Gasteiger partial charge on any atom is -0.305 e. The summed E-state index contributed by atoms with van der Waals surface area (Å²) in [6, 6.07) is 18.8. The molecule has 0 bridgehead atoms. The Morgan fingerprint density at radius 2 is 1.44 bits per heavy atom. The molecule has 0 saturated carbocycles. The van der Waals surface area contributed by atoms with Gasteiger partial charge in [-0.05, 0) is 37.8 Å². The average molecular weight is 388 g/mol. The van der Waals surface area contributed by atoms with Crippen molar-refractivity contribution in [3.63, 3.8) is 0 Å². The molecule has 3 nitrogen and oxygen atoms in total. The first-order valence-electron chi connectivity index (χ1n) is 9.55. The van der Waals surface area contributed by atoms with Crippen LogP contribution in [-0.2, 0) is 17.5 Å². The second kappa shape index (κ2) is 8.15. The van der Waals surface area contributed by atoms with E-state index in [1.54, 1.807) is 0 Å². The number of nitrogens with one attached hydrogen (secondary N) is 1. The van der Waals surface area contributed by atoms with Crippen molar-refractivity contribution in [1.82, 2.24) is 4.48 Å². The Morgan fingerprint density at radius 3 is 1.96 bits per heavy atom. The molecule has 27 heavy (non-hydrogen) atoms. The number of hydrogen-bond donors (Lipinski definition) is 1. The number of quaternary nitrogens is 1. The third kappa shape index (κ3) is 6.47. The van der Waals surface area contributed by atoms with E-state index in [1.807, 2.05) is 18.2 Å². The molecule has 0 fully saturated rings. The molecule has 0 aliphatic heterocycles. The molecule has 0 aromatic heterocycles. The summed E-state index contributed by atoms with van der Waals surface area (Å²) in [5.74, 6) is 0. The molecule has 4 heteroatoms. The van der Waals surface area contributed by atoms with Crippen LogP contribution in [0.4, 0.5) is 11.4 Å². The van der Waals surface area contributed by atoms with Gasteiger partial charge in [0.1, 0.15) is 23.2 Å². The molecule has 148 valence electrons. The molecule has 0 spiro atoms. The van der Waals surface area contributed by atoms with Gasteiger partial charge < -0.3 is 4.72 Å². The van der Waals surface area contributed by atoms with E-state index < -0.39 is 11.0 Å². The second-order valence-corrected chi connectivity index (χ2v) is 11.6. The molecule has 1 unspecified atom stereocenters. The minimum atomic E-state index is -1.14. The van der Waals surface area contributed by atoms with E-state index in [9.17, 15) is 4.21 Å². The fourth-order valence-electron chi connectivity index (χ4n) is 3.65. The fraction of sp³-hybridized carbons (Fsp3) is 0.478. The van der Waals surface area contributed by atoms with Crippen LogP contribution in [0.2, 0.25) is 0 Å². The Balaban J connectivity index is 2.07. The van der Waals surface area contributed by atoms with Gasteiger partial charge in [-0.15, -0.1) is 0 Å². The van der Waals surface area contributed by atoms with Gasteiger partial charge in [-0.1, -0.05) is 51.1 Å². The summed E-state index contributed by atoms with van der Waals surface area (Å²) in [6.45, 7) is 11.6. The zero-order chi connectivity index (χ0) is 20.3. The van der Waals surface area contributed by atoms with Crippen LogP contribution in [-0.4, -0.2) is 23.1 Å². The predicted molar refractivity (Wildman–Crippen MR) is 120 cm³/mol. The number of nitrogens with zero attached hydrogens (tertiary/aromatic N) is 1. The van der Waals surface area contributed by atoms with Gasteiger partial charge in [0.25, 0.3) is 0 Å². The largest absolute Gasteiger partial charge is 0.305 e. The monoisotopic (exact) mass is 387 g/mol. The van der Waals surface area contributed by atoms with Crippen molar-refractivity contribution < 1.29 is 4.21 Å². The highest BCUT2D eigenvalue weighted by atomic mass is 32.2. The van der Waals surface area contributed by atoms with Crippen molar-refractivity contribution in [3.8, 4) is 0 Å². The molecule has 0 radical (unpaired) electrons. The van der Waals surface area contributed by atoms with Gasteiger partial charge in [0.05, 0.1) is 18.8 Å². The number of anilines is 1. The average Bonchev–Trinajstić information content (AvgIpc) is 2.53. The summed E-state index contributed by atoms with van der Waals surface area (Å²) in [7, 11) is 3.27. The Labute approximate surface area is 168 Å². The zero-order valence-corrected chi connectivity index (χ0v) is 18.7. The standard InChI is InChI=1S/C23H35N2OS/c1-22(2,3)18-23(4,5)27(26)24-20-13-15-21(16-14-20)25(6,7)17-19-11-9-8-10-12-19/h8-16,24H,17-18H2,1-7H3/q+1. The maximum Gasteiger partial charge on any atom is 0.132 e. The van der Waals surface area contributed by atoms with Crippen LogP contribution in [0.3, 0.4) is 0 Å². The van der Waals surface area contributed by atoms with Crippen molar-refractivity contribution in [2.24, 2.45) is 5.41 Å². The first-order chi connectivity index (χ1) is 12.4. The molecule has 1 N–H and O–H groups in total. The molecule has 1 atom stereocenters. The van der Waals surface area contributed by atoms with Crippen molar-refractivity contribution in [2.45, 2.75) is 52.3 Å². The van der Waals surface area contributed by atoms with Gasteiger partial charge in [0, 0.05) is 23.4 Å². The van der Waals surface area contributed by atoms with Gasteiger partial charge in [-0.25, -0.2) is 4.21 Å². The van der Waals surface area contributed by atoms with Crippen molar-refractivity contribution >= 4 is 22.4 Å². The Morgan fingerprint density at radius 1 is 0.889 bits per heavy atom. The maximum atomic E-state index is 12.8. The summed E-state index contributed by atoms with van der Waals surface area (Å²) >= 11 is 0. The number of benzene rings is 2. The molecule has 0 saturated heterocycles. The highest BCUT2D eigenvalue weighted by Crippen LogP contribution is 2.32. The Kier molecular flexibility index (Phi) is 6.54. The van der Waals surface area contributed by atoms with Crippen molar-refractivity contribution in [2.75, 3.05) is 18.8 Å². The third-order valence-electron chi connectivity index (χ3n) is 4.66. The van der Waals surface area contributed by atoms with E-state index in [0.29, 0.717) is 0 Å². The maximum absolute atomic E-state index is 12.8. The first-order valence-corrected chi connectivity index (χ1v) is 10.7. The van der Waals surface area contributed by atoms with E-state index >= 15 is 0 Å². The smallest absolute Gasteiger partial charge is 0.132 e. The van der Waals surface area contributed by atoms with Crippen LogP contribution in [0.25, 0.3) is 0 Å². The SMILES string of the molecule is CC(C)(C)CC(C)(C)S(=O)Nc1ccc([N+](C)(C)Cc2ccccc2)cc1. The van der Waals surface area contributed by atoms with E-state index in [0.717, 1.165) is 23.1 Å². The normalized spacial score (nSPS) is 14.0. The predicted octanol–water partition coefficient (Wildman–Crippen LogP) is 5.74. The lowest BCUT2D eigenvalue weighted by Gasteiger charge is -2.32. The first kappa shape index (κ1) is 21.6. The minimum absolute atomic E-state index is 0.142. The quantitative estimate of drug-likeness (QED) is 0.603. The Hall–Kier alpha value is -1.65. The van der Waals surface area contributed by atoms with Crippen molar-refractivity contribution in [1.29, 1.82) is 0 Å². The van der Waals surface area contributed by atoms with Gasteiger partial charge in [0.15, 0.2) is 0 Å². The zero-order valence-electron chi connectivity index (χ0n) is 17.9. The van der Waals surface area contributed by atoms with Crippen LogP contribution >= 0.6 is 0 Å². The third-order valence-corrected chi connectivity index (χ3v) is 6.22. The van der Waals surface area contributed by atoms with Gasteiger partial charge in [-0.2, -0.15) is 0 Å². The fourth-order valence-corrected chi connectivity index (χ4v) is 4.84. The highest BCUT2D eigenvalue weighted by molar-refractivity contribution is 7.87. The highest BCUT2D eigenvalue weighted by Gasteiger charge is 2.31. The summed E-state index contributed by atoms with van der Waals surface area (Å²) in [4.78, 5) is 0. The lowest BCUT2D eigenvalue weighted by Crippen LogP contribution is -2.39. The van der Waals surface area contributed by atoms with E-state index in [4.69, 9.17) is 0 Å². The summed E-state index contributed by atoms with van der Waals surface area (Å²) in [5.41, 5.74) is 3.58. The molecule has 0 heterocycles.